The number of nitrogen functional groups attached to an aromatic ring is 1. The Labute approximate surface area is 59.3 Å². The van der Waals surface area contributed by atoms with E-state index in [0.29, 0.717) is 0 Å². The van der Waals surface area contributed by atoms with Gasteiger partial charge in [0, 0.05) is 17.0 Å². The summed E-state index contributed by atoms with van der Waals surface area (Å²) in [7, 11) is 0. The maximum Gasteiger partial charge on any atom is 0.0543 e. The minimum absolute atomic E-state index is 0.779. The Morgan fingerprint density at radius 3 is 2.56 bits per heavy atom. The molecule has 0 atom stereocenters. The molecule has 0 aromatic heterocycles. The van der Waals surface area contributed by atoms with E-state index in [0.717, 1.165) is 10.6 Å². The third-order valence-electron chi connectivity index (χ3n) is 1.02. The van der Waals surface area contributed by atoms with Crippen molar-refractivity contribution in [1.29, 1.82) is 0 Å². The maximum atomic E-state index is 5.56. The molecule has 1 rings (SSSR count). The molecule has 0 aliphatic rings. The van der Waals surface area contributed by atoms with Gasteiger partial charge in [0.2, 0.25) is 0 Å². The maximum absolute atomic E-state index is 5.56. The van der Waals surface area contributed by atoms with Crippen molar-refractivity contribution >= 4 is 17.4 Å². The molecule has 0 saturated heterocycles. The number of anilines is 1. The van der Waals surface area contributed by atoms with Crippen LogP contribution in [-0.2, 0) is 0 Å². The van der Waals surface area contributed by atoms with E-state index in [2.05, 4.69) is 12.1 Å². The van der Waals surface area contributed by atoms with Crippen LogP contribution in [-0.4, -0.2) is 6.26 Å². The van der Waals surface area contributed by atoms with E-state index in [4.69, 9.17) is 5.73 Å². The normalized spacial score (nSPS) is 8.56. The Kier molecular flexibility index (Phi) is 1.86. The van der Waals surface area contributed by atoms with Gasteiger partial charge in [-0.25, -0.2) is 0 Å². The van der Waals surface area contributed by atoms with Gasteiger partial charge in [-0.15, -0.1) is 11.8 Å². The average Bonchev–Trinajstić information content (AvgIpc) is 1.89. The molecule has 1 aromatic carbocycles. The van der Waals surface area contributed by atoms with E-state index < -0.39 is 0 Å². The fourth-order valence-corrected chi connectivity index (χ4v) is 1.03. The van der Waals surface area contributed by atoms with Gasteiger partial charge in [0.15, 0.2) is 0 Å². The highest BCUT2D eigenvalue weighted by atomic mass is 32.2. The van der Waals surface area contributed by atoms with Crippen LogP contribution in [0, 0.1) is 12.1 Å². The van der Waals surface area contributed by atoms with Gasteiger partial charge in [-0.3, -0.25) is 0 Å². The molecule has 1 nitrogen and oxygen atoms in total. The molecule has 0 aliphatic carbocycles. The van der Waals surface area contributed by atoms with E-state index in [9.17, 15) is 0 Å². The van der Waals surface area contributed by atoms with Gasteiger partial charge in [-0.1, -0.05) is 12.1 Å². The van der Waals surface area contributed by atoms with Crippen molar-refractivity contribution in [3.8, 4) is 0 Å². The van der Waals surface area contributed by atoms with E-state index >= 15 is 0 Å². The number of rotatable bonds is 1. The predicted octanol–water partition coefficient (Wildman–Crippen LogP) is 1.59. The summed E-state index contributed by atoms with van der Waals surface area (Å²) >= 11 is 1.62. The first-order chi connectivity index (χ1) is 4.34. The van der Waals surface area contributed by atoms with Crippen LogP contribution in [0.4, 0.5) is 5.69 Å². The third kappa shape index (κ3) is 1.30. The first-order valence-corrected chi connectivity index (χ1v) is 3.78. The van der Waals surface area contributed by atoms with Crippen LogP contribution in [0.5, 0.6) is 0 Å². The van der Waals surface area contributed by atoms with Gasteiger partial charge in [0.05, 0.1) is 5.69 Å². The number of nitrogens with two attached hydrogens (primary N) is 1. The molecule has 0 saturated carbocycles. The highest BCUT2D eigenvalue weighted by Gasteiger charge is 1.90. The van der Waals surface area contributed by atoms with Gasteiger partial charge in [0.25, 0.3) is 0 Å². The number of hydrogen-bond donors (Lipinski definition) is 1. The summed E-state index contributed by atoms with van der Waals surface area (Å²) < 4.78 is 0. The minimum Gasteiger partial charge on any atom is -0.397 e. The summed E-state index contributed by atoms with van der Waals surface area (Å²) in [6.07, 6.45) is 1.99. The standard InChI is InChI=1S/C7H7NS/c1-9-7-5-3-2-4-6(7)8/h4-5H,8H2,1H3. The Bertz CT molecular complexity index is 198. The van der Waals surface area contributed by atoms with Crippen molar-refractivity contribution < 1.29 is 0 Å². The fourth-order valence-electron chi connectivity index (χ4n) is 0.558. The number of thioether (sulfide) groups is 1. The van der Waals surface area contributed by atoms with Crippen molar-refractivity contribution in [1.82, 2.24) is 0 Å². The van der Waals surface area contributed by atoms with E-state index in [1.807, 2.05) is 12.3 Å². The second-order valence-corrected chi connectivity index (χ2v) is 2.45. The summed E-state index contributed by atoms with van der Waals surface area (Å²) in [5, 5.41) is 0. The molecule has 0 bridgehead atoms. The summed E-state index contributed by atoms with van der Waals surface area (Å²) in [5.41, 5.74) is 6.34. The lowest BCUT2D eigenvalue weighted by Gasteiger charge is -1.94. The smallest absolute Gasteiger partial charge is 0.0543 e. The fraction of sp³-hybridized carbons (Fsp3) is 0.143. The Hall–Kier alpha value is -0.810. The van der Waals surface area contributed by atoms with Crippen LogP contribution < -0.4 is 5.73 Å². The summed E-state index contributed by atoms with van der Waals surface area (Å²) in [5.74, 6) is 0. The SMILES string of the molecule is CSc1cc#ccc1N. The first kappa shape index (κ1) is 6.31. The quantitative estimate of drug-likeness (QED) is 0.595. The Balaban J connectivity index is 3.01. The van der Waals surface area contributed by atoms with Crippen molar-refractivity contribution in [3.05, 3.63) is 24.3 Å². The van der Waals surface area contributed by atoms with Crippen molar-refractivity contribution in [3.63, 3.8) is 0 Å². The van der Waals surface area contributed by atoms with Crippen molar-refractivity contribution in [2.75, 3.05) is 12.0 Å². The van der Waals surface area contributed by atoms with Crippen molar-refractivity contribution in [2.45, 2.75) is 4.90 Å². The van der Waals surface area contributed by atoms with Gasteiger partial charge >= 0.3 is 0 Å². The zero-order chi connectivity index (χ0) is 6.69. The third-order valence-corrected chi connectivity index (χ3v) is 1.81. The first-order valence-electron chi connectivity index (χ1n) is 2.56. The monoisotopic (exact) mass is 137 g/mol. The molecular weight excluding hydrogens is 130 g/mol. The van der Waals surface area contributed by atoms with Crippen LogP contribution in [0.1, 0.15) is 0 Å². The molecule has 46 valence electrons. The summed E-state index contributed by atoms with van der Waals surface area (Å²) in [6.45, 7) is 0. The van der Waals surface area contributed by atoms with Crippen LogP contribution in [0.25, 0.3) is 0 Å². The van der Waals surface area contributed by atoms with Crippen LogP contribution in [0.2, 0.25) is 0 Å². The molecule has 0 heterocycles. The van der Waals surface area contributed by atoms with Gasteiger partial charge < -0.3 is 5.73 Å². The molecule has 2 heteroatoms. The molecule has 0 spiro atoms. The molecule has 0 aliphatic heterocycles. The van der Waals surface area contributed by atoms with E-state index in [1.54, 1.807) is 17.8 Å². The Morgan fingerprint density at radius 1 is 1.44 bits per heavy atom. The highest BCUT2D eigenvalue weighted by molar-refractivity contribution is 7.98. The molecule has 0 radical (unpaired) electrons. The largest absolute Gasteiger partial charge is 0.397 e. The van der Waals surface area contributed by atoms with Crippen LogP contribution >= 0.6 is 11.8 Å². The molecule has 0 amide bonds. The van der Waals surface area contributed by atoms with Gasteiger partial charge in [-0.05, 0) is 6.26 Å². The van der Waals surface area contributed by atoms with Crippen LogP contribution in [0.15, 0.2) is 17.0 Å². The van der Waals surface area contributed by atoms with Gasteiger partial charge in [-0.2, -0.15) is 0 Å². The van der Waals surface area contributed by atoms with Gasteiger partial charge in [0.1, 0.15) is 0 Å². The summed E-state index contributed by atoms with van der Waals surface area (Å²) in [4.78, 5) is 1.06. The topological polar surface area (TPSA) is 26.0 Å². The molecule has 9 heavy (non-hydrogen) atoms. The Morgan fingerprint density at radius 2 is 2.11 bits per heavy atom. The summed E-state index contributed by atoms with van der Waals surface area (Å²) in [6, 6.07) is 9.16. The highest BCUT2D eigenvalue weighted by Crippen LogP contribution is 2.19. The number of hydrogen-bond acceptors (Lipinski definition) is 2. The van der Waals surface area contributed by atoms with Crippen LogP contribution in [0.3, 0.4) is 0 Å². The van der Waals surface area contributed by atoms with Crippen molar-refractivity contribution in [2.24, 2.45) is 0 Å². The molecule has 0 unspecified atom stereocenters. The second-order valence-electron chi connectivity index (χ2n) is 1.60. The zero-order valence-electron chi connectivity index (χ0n) is 5.14. The lowest BCUT2D eigenvalue weighted by molar-refractivity contribution is 1.48. The second kappa shape index (κ2) is 2.65. The minimum atomic E-state index is 0.779. The molecular formula is C7H7NS. The lowest BCUT2D eigenvalue weighted by atomic mass is 10.4. The zero-order valence-corrected chi connectivity index (χ0v) is 5.96. The predicted molar refractivity (Wildman–Crippen MR) is 40.3 cm³/mol. The molecule has 1 aromatic rings. The van der Waals surface area contributed by atoms with E-state index in [1.165, 1.54) is 0 Å². The van der Waals surface area contributed by atoms with E-state index in [-0.39, 0.29) is 0 Å². The lowest BCUT2D eigenvalue weighted by Crippen LogP contribution is -1.84. The average molecular weight is 137 g/mol. The molecule has 2 N–H and O–H groups in total. The molecule has 0 fully saturated rings.